The standard InChI is InChI=1S/C15H23NO3/c1-19-14-6-3-12(4-7-14)15(18)10-16-9-11-2-5-13(17)8-11/h3-4,6-7,11,13,15-18H,2,5,8-10H2,1H3. The highest BCUT2D eigenvalue weighted by atomic mass is 16.5. The van der Waals surface area contributed by atoms with Gasteiger partial charge in [0.1, 0.15) is 5.75 Å². The van der Waals surface area contributed by atoms with Gasteiger partial charge in [-0.25, -0.2) is 0 Å². The van der Waals surface area contributed by atoms with E-state index in [-0.39, 0.29) is 6.10 Å². The minimum absolute atomic E-state index is 0.127. The first kappa shape index (κ1) is 14.3. The highest BCUT2D eigenvalue weighted by Crippen LogP contribution is 2.24. The summed E-state index contributed by atoms with van der Waals surface area (Å²) in [7, 11) is 1.63. The van der Waals surface area contributed by atoms with Gasteiger partial charge in [0.25, 0.3) is 0 Å². The topological polar surface area (TPSA) is 61.7 Å². The van der Waals surface area contributed by atoms with Gasteiger partial charge in [0.05, 0.1) is 19.3 Å². The molecule has 3 atom stereocenters. The van der Waals surface area contributed by atoms with E-state index in [0.717, 1.165) is 37.1 Å². The molecule has 4 heteroatoms. The van der Waals surface area contributed by atoms with Gasteiger partial charge in [-0.3, -0.25) is 0 Å². The van der Waals surface area contributed by atoms with E-state index in [4.69, 9.17) is 4.74 Å². The molecule has 0 aliphatic heterocycles. The van der Waals surface area contributed by atoms with Crippen LogP contribution in [-0.2, 0) is 0 Å². The van der Waals surface area contributed by atoms with Crippen LogP contribution in [0.5, 0.6) is 5.75 Å². The number of aliphatic hydroxyl groups excluding tert-OH is 2. The smallest absolute Gasteiger partial charge is 0.118 e. The molecule has 3 N–H and O–H groups in total. The second-order valence-electron chi connectivity index (χ2n) is 5.28. The fourth-order valence-electron chi connectivity index (χ4n) is 2.60. The van der Waals surface area contributed by atoms with Crippen molar-refractivity contribution < 1.29 is 14.9 Å². The molecule has 2 rings (SSSR count). The zero-order valence-corrected chi connectivity index (χ0v) is 11.4. The minimum Gasteiger partial charge on any atom is -0.497 e. The molecule has 1 aliphatic carbocycles. The number of nitrogens with one attached hydrogen (secondary N) is 1. The molecule has 0 bridgehead atoms. The number of rotatable bonds is 6. The van der Waals surface area contributed by atoms with E-state index in [9.17, 15) is 10.2 Å². The number of benzene rings is 1. The number of ether oxygens (including phenoxy) is 1. The fourth-order valence-corrected chi connectivity index (χ4v) is 2.60. The zero-order chi connectivity index (χ0) is 13.7. The Balaban J connectivity index is 1.72. The molecule has 1 aliphatic rings. The van der Waals surface area contributed by atoms with Crippen molar-refractivity contribution in [2.45, 2.75) is 31.5 Å². The Labute approximate surface area is 114 Å². The molecule has 0 aromatic heterocycles. The molecule has 0 radical (unpaired) electrons. The average molecular weight is 265 g/mol. The Hall–Kier alpha value is -1.10. The van der Waals surface area contributed by atoms with Crippen LogP contribution in [0.25, 0.3) is 0 Å². The van der Waals surface area contributed by atoms with Crippen LogP contribution in [0.3, 0.4) is 0 Å². The van der Waals surface area contributed by atoms with Gasteiger partial charge in [-0.05, 0) is 49.4 Å². The second kappa shape index (κ2) is 6.89. The van der Waals surface area contributed by atoms with Crippen LogP contribution in [-0.4, -0.2) is 36.5 Å². The van der Waals surface area contributed by atoms with E-state index in [0.29, 0.717) is 12.5 Å². The van der Waals surface area contributed by atoms with Crippen molar-refractivity contribution in [3.8, 4) is 5.75 Å². The van der Waals surface area contributed by atoms with Gasteiger partial charge in [0.2, 0.25) is 0 Å². The molecule has 0 amide bonds. The number of aliphatic hydroxyl groups is 2. The summed E-state index contributed by atoms with van der Waals surface area (Å²) in [5, 5.41) is 22.8. The normalized spacial score (nSPS) is 24.4. The lowest BCUT2D eigenvalue weighted by atomic mass is 10.1. The Morgan fingerprint density at radius 2 is 2.05 bits per heavy atom. The van der Waals surface area contributed by atoms with E-state index in [1.165, 1.54) is 0 Å². The SMILES string of the molecule is COc1ccc(C(O)CNCC2CCC(O)C2)cc1. The summed E-state index contributed by atoms with van der Waals surface area (Å²) in [6.45, 7) is 1.41. The van der Waals surface area contributed by atoms with Crippen molar-refractivity contribution in [1.82, 2.24) is 5.32 Å². The van der Waals surface area contributed by atoms with Gasteiger partial charge in [-0.1, -0.05) is 12.1 Å². The molecule has 1 aromatic rings. The van der Waals surface area contributed by atoms with E-state index >= 15 is 0 Å². The van der Waals surface area contributed by atoms with Crippen LogP contribution in [0.15, 0.2) is 24.3 Å². The number of methoxy groups -OCH3 is 1. The lowest BCUT2D eigenvalue weighted by Gasteiger charge is -2.15. The maximum atomic E-state index is 10.1. The minimum atomic E-state index is -0.503. The van der Waals surface area contributed by atoms with Crippen molar-refractivity contribution in [3.05, 3.63) is 29.8 Å². The molecule has 4 nitrogen and oxygen atoms in total. The molecular formula is C15H23NO3. The van der Waals surface area contributed by atoms with Crippen molar-refractivity contribution in [2.75, 3.05) is 20.2 Å². The van der Waals surface area contributed by atoms with Crippen LogP contribution in [0, 0.1) is 5.92 Å². The third-order valence-corrected chi connectivity index (χ3v) is 3.78. The van der Waals surface area contributed by atoms with Crippen molar-refractivity contribution in [1.29, 1.82) is 0 Å². The summed E-state index contributed by atoms with van der Waals surface area (Å²) >= 11 is 0. The summed E-state index contributed by atoms with van der Waals surface area (Å²) in [5.74, 6) is 1.34. The maximum Gasteiger partial charge on any atom is 0.118 e. The third-order valence-electron chi connectivity index (χ3n) is 3.78. The van der Waals surface area contributed by atoms with E-state index in [1.54, 1.807) is 7.11 Å². The van der Waals surface area contributed by atoms with E-state index < -0.39 is 6.10 Å². The maximum absolute atomic E-state index is 10.1. The summed E-state index contributed by atoms with van der Waals surface area (Å²) in [6, 6.07) is 7.47. The second-order valence-corrected chi connectivity index (χ2v) is 5.28. The van der Waals surface area contributed by atoms with Gasteiger partial charge in [0.15, 0.2) is 0 Å². The number of hydrogen-bond donors (Lipinski definition) is 3. The molecule has 0 saturated heterocycles. The quantitative estimate of drug-likeness (QED) is 0.729. The molecule has 0 heterocycles. The Morgan fingerprint density at radius 3 is 2.63 bits per heavy atom. The fraction of sp³-hybridized carbons (Fsp3) is 0.600. The lowest BCUT2D eigenvalue weighted by Crippen LogP contribution is -2.26. The Kier molecular flexibility index (Phi) is 5.19. The number of hydrogen-bond acceptors (Lipinski definition) is 4. The van der Waals surface area contributed by atoms with Crippen LogP contribution < -0.4 is 10.1 Å². The van der Waals surface area contributed by atoms with E-state index in [2.05, 4.69) is 5.32 Å². The average Bonchev–Trinajstić information content (AvgIpc) is 2.84. The van der Waals surface area contributed by atoms with Crippen molar-refractivity contribution >= 4 is 0 Å². The zero-order valence-electron chi connectivity index (χ0n) is 11.4. The summed E-state index contributed by atoms with van der Waals surface area (Å²) in [5.41, 5.74) is 0.889. The van der Waals surface area contributed by atoms with Gasteiger partial charge in [-0.15, -0.1) is 0 Å². The highest BCUT2D eigenvalue weighted by Gasteiger charge is 2.22. The molecule has 3 unspecified atom stereocenters. The third kappa shape index (κ3) is 4.20. The van der Waals surface area contributed by atoms with Crippen molar-refractivity contribution in [2.24, 2.45) is 5.92 Å². The summed E-state index contributed by atoms with van der Waals surface area (Å²) in [4.78, 5) is 0. The molecule has 1 fully saturated rings. The Bertz CT molecular complexity index is 379. The first-order valence-corrected chi connectivity index (χ1v) is 6.90. The van der Waals surface area contributed by atoms with Crippen molar-refractivity contribution in [3.63, 3.8) is 0 Å². The van der Waals surface area contributed by atoms with Crippen LogP contribution in [0.2, 0.25) is 0 Å². The van der Waals surface area contributed by atoms with Crippen LogP contribution in [0.1, 0.15) is 30.9 Å². The molecule has 1 aromatic carbocycles. The van der Waals surface area contributed by atoms with Crippen LogP contribution >= 0.6 is 0 Å². The first-order chi connectivity index (χ1) is 9.19. The predicted molar refractivity (Wildman–Crippen MR) is 74.2 cm³/mol. The first-order valence-electron chi connectivity index (χ1n) is 6.90. The van der Waals surface area contributed by atoms with Gasteiger partial charge in [0, 0.05) is 6.54 Å². The summed E-state index contributed by atoms with van der Waals surface area (Å²) in [6.07, 6.45) is 2.24. The lowest BCUT2D eigenvalue weighted by molar-refractivity contribution is 0.167. The molecule has 1 saturated carbocycles. The molecule has 106 valence electrons. The summed E-state index contributed by atoms with van der Waals surface area (Å²) < 4.78 is 5.09. The monoisotopic (exact) mass is 265 g/mol. The largest absolute Gasteiger partial charge is 0.497 e. The highest BCUT2D eigenvalue weighted by molar-refractivity contribution is 5.28. The molecule has 19 heavy (non-hydrogen) atoms. The van der Waals surface area contributed by atoms with Gasteiger partial charge in [-0.2, -0.15) is 0 Å². The predicted octanol–water partition coefficient (Wildman–Crippen LogP) is 1.48. The van der Waals surface area contributed by atoms with Gasteiger partial charge >= 0.3 is 0 Å². The molecular weight excluding hydrogens is 242 g/mol. The Morgan fingerprint density at radius 1 is 1.32 bits per heavy atom. The van der Waals surface area contributed by atoms with Crippen LogP contribution in [0.4, 0.5) is 0 Å². The molecule has 0 spiro atoms. The van der Waals surface area contributed by atoms with Gasteiger partial charge < -0.3 is 20.3 Å². The van der Waals surface area contributed by atoms with E-state index in [1.807, 2.05) is 24.3 Å².